The van der Waals surface area contributed by atoms with E-state index in [0.717, 1.165) is 0 Å². The summed E-state index contributed by atoms with van der Waals surface area (Å²) in [5.74, 6) is -3.70. The van der Waals surface area contributed by atoms with E-state index < -0.39 is 42.5 Å². The molecule has 1 saturated heterocycles. The maximum Gasteiger partial charge on any atom is 0.406 e. The van der Waals surface area contributed by atoms with E-state index in [1.807, 2.05) is 0 Å². The molecule has 0 aromatic heterocycles. The zero-order valence-corrected chi connectivity index (χ0v) is 10.0. The highest BCUT2D eigenvalue weighted by atomic mass is 19.4. The van der Waals surface area contributed by atoms with E-state index in [2.05, 4.69) is 5.32 Å². The molecule has 19 heavy (non-hydrogen) atoms. The van der Waals surface area contributed by atoms with Crippen LogP contribution in [0.3, 0.4) is 0 Å². The molecule has 0 spiro atoms. The molecular formula is C10H13F3N2O4. The van der Waals surface area contributed by atoms with Crippen LogP contribution in [0.4, 0.5) is 13.2 Å². The largest absolute Gasteiger partial charge is 0.480 e. The van der Waals surface area contributed by atoms with Crippen molar-refractivity contribution in [1.29, 1.82) is 0 Å². The fraction of sp³-hybridized carbons (Fsp3) is 0.700. The van der Waals surface area contributed by atoms with Crippen LogP contribution in [0, 0.1) is 5.92 Å². The third-order valence-corrected chi connectivity index (χ3v) is 2.68. The summed E-state index contributed by atoms with van der Waals surface area (Å²) in [5, 5.41) is 10.7. The first-order chi connectivity index (χ1) is 8.60. The smallest absolute Gasteiger partial charge is 0.406 e. The number of carboxylic acids is 1. The molecule has 0 aromatic carbocycles. The Bertz CT molecular complexity index is 397. The quantitative estimate of drug-likeness (QED) is 0.759. The number of hydrogen-bond donors (Lipinski definition) is 2. The van der Waals surface area contributed by atoms with E-state index in [1.165, 1.54) is 6.92 Å². The highest BCUT2D eigenvalue weighted by Gasteiger charge is 2.40. The first kappa shape index (κ1) is 15.3. The number of rotatable bonds is 4. The molecule has 1 aliphatic rings. The average Bonchev–Trinajstić information content (AvgIpc) is 2.57. The third kappa shape index (κ3) is 4.42. The molecule has 9 heteroatoms. The van der Waals surface area contributed by atoms with Gasteiger partial charge in [0, 0.05) is 13.0 Å². The van der Waals surface area contributed by atoms with Gasteiger partial charge in [0.05, 0.1) is 5.92 Å². The normalized spacial score (nSPS) is 21.4. The van der Waals surface area contributed by atoms with Crippen LogP contribution in [0.25, 0.3) is 0 Å². The van der Waals surface area contributed by atoms with Crippen molar-refractivity contribution in [3.05, 3.63) is 0 Å². The van der Waals surface area contributed by atoms with Gasteiger partial charge < -0.3 is 15.3 Å². The molecule has 6 nitrogen and oxygen atoms in total. The molecular weight excluding hydrogens is 269 g/mol. The van der Waals surface area contributed by atoms with E-state index in [1.54, 1.807) is 0 Å². The van der Waals surface area contributed by atoms with Gasteiger partial charge in [0.1, 0.15) is 12.6 Å². The molecule has 1 unspecified atom stereocenters. The number of carbonyl (C=O) groups is 3. The molecule has 1 heterocycles. The van der Waals surface area contributed by atoms with E-state index in [9.17, 15) is 27.6 Å². The Balaban J connectivity index is 2.57. The summed E-state index contributed by atoms with van der Waals surface area (Å²) in [4.78, 5) is 34.0. The average molecular weight is 282 g/mol. The summed E-state index contributed by atoms with van der Waals surface area (Å²) < 4.78 is 36.5. The van der Waals surface area contributed by atoms with Gasteiger partial charge in [0.2, 0.25) is 11.8 Å². The van der Waals surface area contributed by atoms with Gasteiger partial charge in [-0.15, -0.1) is 0 Å². The van der Waals surface area contributed by atoms with Gasteiger partial charge in [0.25, 0.3) is 0 Å². The minimum Gasteiger partial charge on any atom is -0.480 e. The summed E-state index contributed by atoms with van der Waals surface area (Å²) in [7, 11) is 0. The molecule has 0 radical (unpaired) electrons. The summed E-state index contributed by atoms with van der Waals surface area (Å²) in [6.07, 6.45) is -4.86. The molecule has 1 rings (SSSR count). The number of halogens is 3. The minimum absolute atomic E-state index is 0.339. The van der Waals surface area contributed by atoms with Gasteiger partial charge in [-0.25, -0.2) is 0 Å². The standard InChI is InChI=1S/C10H13F3N2O4/c1-5(9(18)19)14-8(17)6-2-7(16)15(3-6)4-10(11,12)13/h5-6H,2-4H2,1H3,(H,14,17)(H,18,19)/t5-,6?/m1/s1. The SMILES string of the molecule is C[C@@H](NC(=O)C1CC(=O)N(CC(F)(F)F)C1)C(=O)O. The minimum atomic E-state index is -4.52. The number of nitrogens with one attached hydrogen (secondary N) is 1. The van der Waals surface area contributed by atoms with Crippen LogP contribution in [0.5, 0.6) is 0 Å². The molecule has 1 fully saturated rings. The van der Waals surface area contributed by atoms with E-state index in [-0.39, 0.29) is 13.0 Å². The predicted molar refractivity (Wildman–Crippen MR) is 56.0 cm³/mol. The number of hydrogen-bond acceptors (Lipinski definition) is 3. The number of alkyl halides is 3. The van der Waals surface area contributed by atoms with Crippen molar-refractivity contribution in [2.24, 2.45) is 5.92 Å². The highest BCUT2D eigenvalue weighted by Crippen LogP contribution is 2.23. The van der Waals surface area contributed by atoms with Crippen molar-refractivity contribution >= 4 is 17.8 Å². The molecule has 108 valence electrons. The monoisotopic (exact) mass is 282 g/mol. The van der Waals surface area contributed by atoms with Gasteiger partial charge >= 0.3 is 12.1 Å². The highest BCUT2D eigenvalue weighted by molar-refractivity contribution is 5.91. The van der Waals surface area contributed by atoms with Crippen molar-refractivity contribution < 1.29 is 32.7 Å². The second-order valence-electron chi connectivity index (χ2n) is 4.36. The fourth-order valence-corrected chi connectivity index (χ4v) is 1.71. The van der Waals surface area contributed by atoms with Crippen LogP contribution < -0.4 is 5.32 Å². The van der Waals surface area contributed by atoms with Crippen LogP contribution in [0.1, 0.15) is 13.3 Å². The van der Waals surface area contributed by atoms with Crippen molar-refractivity contribution in [2.75, 3.05) is 13.1 Å². The van der Waals surface area contributed by atoms with Crippen LogP contribution >= 0.6 is 0 Å². The van der Waals surface area contributed by atoms with Gasteiger partial charge in [-0.2, -0.15) is 13.2 Å². The fourth-order valence-electron chi connectivity index (χ4n) is 1.71. The molecule has 2 N–H and O–H groups in total. The first-order valence-electron chi connectivity index (χ1n) is 5.48. The second kappa shape index (κ2) is 5.45. The predicted octanol–water partition coefficient (Wildman–Crippen LogP) is -0.0135. The van der Waals surface area contributed by atoms with Crippen molar-refractivity contribution in [1.82, 2.24) is 10.2 Å². The Labute approximate surface area is 106 Å². The Morgan fingerprint density at radius 2 is 2.11 bits per heavy atom. The van der Waals surface area contributed by atoms with Crippen LogP contribution in [0.15, 0.2) is 0 Å². The van der Waals surface area contributed by atoms with E-state index in [4.69, 9.17) is 5.11 Å². The number of nitrogens with zero attached hydrogens (tertiary/aromatic N) is 1. The Morgan fingerprint density at radius 1 is 1.53 bits per heavy atom. The number of aliphatic carboxylic acids is 1. The number of amides is 2. The molecule has 0 aromatic rings. The first-order valence-corrected chi connectivity index (χ1v) is 5.48. The molecule has 0 aliphatic carbocycles. The zero-order chi connectivity index (χ0) is 14.8. The number of carboxylic acid groups (broad SMARTS) is 1. The Morgan fingerprint density at radius 3 is 2.58 bits per heavy atom. The molecule has 2 amide bonds. The summed E-state index contributed by atoms with van der Waals surface area (Å²) in [6, 6.07) is -1.15. The van der Waals surface area contributed by atoms with E-state index in [0.29, 0.717) is 4.90 Å². The van der Waals surface area contributed by atoms with Gasteiger partial charge in [-0.1, -0.05) is 0 Å². The topological polar surface area (TPSA) is 86.7 Å². The molecule has 1 aliphatic heterocycles. The molecule has 0 bridgehead atoms. The Hall–Kier alpha value is -1.80. The molecule has 2 atom stereocenters. The maximum atomic E-state index is 12.2. The summed E-state index contributed by atoms with van der Waals surface area (Å²) in [5.41, 5.74) is 0. The number of carbonyl (C=O) groups excluding carboxylic acids is 2. The lowest BCUT2D eigenvalue weighted by Gasteiger charge is -2.18. The van der Waals surface area contributed by atoms with Crippen molar-refractivity contribution in [3.63, 3.8) is 0 Å². The van der Waals surface area contributed by atoms with E-state index >= 15 is 0 Å². The summed E-state index contributed by atoms with van der Waals surface area (Å²) >= 11 is 0. The maximum absolute atomic E-state index is 12.2. The molecule has 0 saturated carbocycles. The van der Waals surface area contributed by atoms with Crippen molar-refractivity contribution in [2.45, 2.75) is 25.6 Å². The van der Waals surface area contributed by atoms with Gasteiger partial charge in [0.15, 0.2) is 0 Å². The lowest BCUT2D eigenvalue weighted by atomic mass is 10.1. The van der Waals surface area contributed by atoms with Crippen LogP contribution in [-0.2, 0) is 14.4 Å². The summed E-state index contributed by atoms with van der Waals surface area (Å²) in [6.45, 7) is -0.523. The Kier molecular flexibility index (Phi) is 4.38. The second-order valence-corrected chi connectivity index (χ2v) is 4.36. The zero-order valence-electron chi connectivity index (χ0n) is 10.0. The lowest BCUT2D eigenvalue weighted by molar-refractivity contribution is -0.157. The lowest BCUT2D eigenvalue weighted by Crippen LogP contribution is -2.42. The third-order valence-electron chi connectivity index (χ3n) is 2.68. The van der Waals surface area contributed by atoms with Crippen LogP contribution in [0.2, 0.25) is 0 Å². The van der Waals surface area contributed by atoms with Gasteiger partial charge in [-0.05, 0) is 6.92 Å². The van der Waals surface area contributed by atoms with Gasteiger partial charge in [-0.3, -0.25) is 14.4 Å². The van der Waals surface area contributed by atoms with Crippen LogP contribution in [-0.4, -0.2) is 53.1 Å². The number of likely N-dealkylation sites (tertiary alicyclic amines) is 1. The van der Waals surface area contributed by atoms with Crippen molar-refractivity contribution in [3.8, 4) is 0 Å².